The van der Waals surface area contributed by atoms with E-state index in [2.05, 4.69) is 13.8 Å². The van der Waals surface area contributed by atoms with Crippen LogP contribution in [0.25, 0.3) is 0 Å². The number of esters is 1. The van der Waals surface area contributed by atoms with E-state index in [0.717, 1.165) is 38.5 Å². The van der Waals surface area contributed by atoms with E-state index in [-0.39, 0.29) is 17.8 Å². The lowest BCUT2D eigenvalue weighted by atomic mass is 9.96. The predicted octanol–water partition coefficient (Wildman–Crippen LogP) is 6.27. The number of hydrogen-bond donors (Lipinski definition) is 0. The maximum Gasteiger partial charge on any atom is 0.309 e. The number of carbonyl (C=O) groups is 2. The molecule has 0 aromatic heterocycles. The van der Waals surface area contributed by atoms with Gasteiger partial charge in [0.1, 0.15) is 0 Å². The Bertz CT molecular complexity index is 403. The van der Waals surface area contributed by atoms with E-state index >= 15 is 0 Å². The van der Waals surface area contributed by atoms with E-state index in [1.807, 2.05) is 4.90 Å². The molecule has 0 aromatic carbocycles. The number of nitrogens with zero attached hydrogens (tertiary/aromatic N) is 1. The van der Waals surface area contributed by atoms with Gasteiger partial charge in [0, 0.05) is 19.5 Å². The van der Waals surface area contributed by atoms with E-state index in [9.17, 15) is 9.59 Å². The van der Waals surface area contributed by atoms with Crippen LogP contribution in [0.2, 0.25) is 0 Å². The third kappa shape index (κ3) is 11.7. The minimum atomic E-state index is -0.0467. The number of rotatable bonds is 16. The molecule has 4 heteroatoms. The van der Waals surface area contributed by atoms with E-state index in [0.29, 0.717) is 26.1 Å². The van der Waals surface area contributed by atoms with Gasteiger partial charge in [-0.1, -0.05) is 84.5 Å². The lowest BCUT2D eigenvalue weighted by Crippen LogP contribution is -2.40. The molecule has 1 amide bonds. The van der Waals surface area contributed by atoms with E-state index < -0.39 is 0 Å². The van der Waals surface area contributed by atoms with Crippen molar-refractivity contribution in [2.45, 2.75) is 117 Å². The lowest BCUT2D eigenvalue weighted by Gasteiger charge is -2.31. The first-order valence-corrected chi connectivity index (χ1v) is 12.1. The molecule has 0 unspecified atom stereocenters. The van der Waals surface area contributed by atoms with Crippen LogP contribution in [0.15, 0.2) is 0 Å². The molecule has 0 spiro atoms. The van der Waals surface area contributed by atoms with Gasteiger partial charge >= 0.3 is 5.97 Å². The van der Waals surface area contributed by atoms with Crippen molar-refractivity contribution in [1.29, 1.82) is 0 Å². The highest BCUT2D eigenvalue weighted by Gasteiger charge is 2.27. The highest BCUT2D eigenvalue weighted by molar-refractivity contribution is 5.77. The zero-order valence-electron chi connectivity index (χ0n) is 18.7. The lowest BCUT2D eigenvalue weighted by molar-refractivity contribution is -0.151. The highest BCUT2D eigenvalue weighted by atomic mass is 16.5. The van der Waals surface area contributed by atoms with Crippen LogP contribution in [0.1, 0.15) is 117 Å². The van der Waals surface area contributed by atoms with Crippen LogP contribution in [-0.4, -0.2) is 36.5 Å². The van der Waals surface area contributed by atoms with Crippen molar-refractivity contribution in [2.75, 3.05) is 19.7 Å². The molecule has 4 nitrogen and oxygen atoms in total. The molecule has 1 heterocycles. The molecule has 1 aliphatic heterocycles. The first-order valence-electron chi connectivity index (χ1n) is 12.1. The van der Waals surface area contributed by atoms with Gasteiger partial charge in [-0.2, -0.15) is 0 Å². The molecule has 1 fully saturated rings. The minimum Gasteiger partial charge on any atom is -0.465 e. The zero-order valence-corrected chi connectivity index (χ0v) is 18.7. The molecule has 0 aromatic rings. The second-order valence-corrected chi connectivity index (χ2v) is 8.46. The summed E-state index contributed by atoms with van der Waals surface area (Å²) in [6.07, 6.45) is 18.1. The Morgan fingerprint density at radius 2 is 1.25 bits per heavy atom. The smallest absolute Gasteiger partial charge is 0.309 e. The number of carbonyl (C=O) groups excluding carboxylic acids is 2. The van der Waals surface area contributed by atoms with E-state index in [1.54, 1.807) is 0 Å². The van der Waals surface area contributed by atoms with Crippen molar-refractivity contribution >= 4 is 11.9 Å². The summed E-state index contributed by atoms with van der Waals surface area (Å²) in [6, 6.07) is 0. The van der Waals surface area contributed by atoms with Crippen LogP contribution in [0.4, 0.5) is 0 Å². The second kappa shape index (κ2) is 16.9. The average molecular weight is 396 g/mol. The van der Waals surface area contributed by atoms with Gasteiger partial charge in [0.25, 0.3) is 0 Å². The normalized spacial score (nSPS) is 15.0. The maximum atomic E-state index is 12.3. The fraction of sp³-hybridized carbons (Fsp3) is 0.917. The number of likely N-dealkylation sites (tertiary alicyclic amines) is 1. The van der Waals surface area contributed by atoms with Gasteiger partial charge in [-0.25, -0.2) is 0 Å². The van der Waals surface area contributed by atoms with Gasteiger partial charge in [0.05, 0.1) is 12.5 Å². The van der Waals surface area contributed by atoms with Crippen LogP contribution in [0, 0.1) is 5.92 Å². The van der Waals surface area contributed by atoms with Gasteiger partial charge < -0.3 is 9.64 Å². The summed E-state index contributed by atoms with van der Waals surface area (Å²) in [4.78, 5) is 26.4. The standard InChI is InChI=1S/C24H45NO3/c1-3-5-7-9-10-11-13-15-21-28-24(27)22-17-19-25(20-18-22)23(26)16-14-12-8-6-4-2/h22H,3-21H2,1-2H3. The Balaban J connectivity index is 2.02. The molecule has 28 heavy (non-hydrogen) atoms. The Morgan fingerprint density at radius 3 is 1.82 bits per heavy atom. The monoisotopic (exact) mass is 395 g/mol. The number of unbranched alkanes of at least 4 members (excludes halogenated alkanes) is 11. The number of piperidine rings is 1. The van der Waals surface area contributed by atoms with E-state index in [1.165, 1.54) is 57.8 Å². The molecule has 0 aliphatic carbocycles. The molecular formula is C24H45NO3. The van der Waals surface area contributed by atoms with E-state index in [4.69, 9.17) is 4.74 Å². The van der Waals surface area contributed by atoms with Gasteiger partial charge in [0.15, 0.2) is 0 Å². The summed E-state index contributed by atoms with van der Waals surface area (Å²) in [5, 5.41) is 0. The maximum absolute atomic E-state index is 12.3. The summed E-state index contributed by atoms with van der Waals surface area (Å²) in [5.74, 6) is 0.208. The summed E-state index contributed by atoms with van der Waals surface area (Å²) in [7, 11) is 0. The van der Waals surface area contributed by atoms with Crippen molar-refractivity contribution < 1.29 is 14.3 Å². The number of ether oxygens (including phenoxy) is 1. The quantitative estimate of drug-likeness (QED) is 0.228. The summed E-state index contributed by atoms with van der Waals surface area (Å²) in [5.41, 5.74) is 0. The third-order valence-corrected chi connectivity index (χ3v) is 5.92. The second-order valence-electron chi connectivity index (χ2n) is 8.46. The molecule has 164 valence electrons. The molecule has 0 saturated carbocycles. The largest absolute Gasteiger partial charge is 0.465 e. The van der Waals surface area contributed by atoms with Crippen molar-refractivity contribution in [3.63, 3.8) is 0 Å². The van der Waals surface area contributed by atoms with Gasteiger partial charge in [0.2, 0.25) is 5.91 Å². The Kier molecular flexibility index (Phi) is 15.0. The van der Waals surface area contributed by atoms with Crippen LogP contribution in [-0.2, 0) is 14.3 Å². The third-order valence-electron chi connectivity index (χ3n) is 5.92. The summed E-state index contributed by atoms with van der Waals surface area (Å²) < 4.78 is 5.48. The molecular weight excluding hydrogens is 350 g/mol. The molecule has 0 N–H and O–H groups in total. The first kappa shape index (κ1) is 25.0. The Hall–Kier alpha value is -1.06. The molecule has 1 saturated heterocycles. The van der Waals surface area contributed by atoms with Crippen LogP contribution < -0.4 is 0 Å². The molecule has 0 atom stereocenters. The van der Waals surface area contributed by atoms with Crippen LogP contribution >= 0.6 is 0 Å². The molecule has 1 aliphatic rings. The fourth-order valence-corrected chi connectivity index (χ4v) is 3.93. The summed E-state index contributed by atoms with van der Waals surface area (Å²) >= 11 is 0. The van der Waals surface area contributed by atoms with Crippen molar-refractivity contribution in [3.05, 3.63) is 0 Å². The molecule has 0 radical (unpaired) electrons. The average Bonchev–Trinajstić information content (AvgIpc) is 2.72. The van der Waals surface area contributed by atoms with Crippen molar-refractivity contribution in [3.8, 4) is 0 Å². The zero-order chi connectivity index (χ0) is 20.5. The first-order chi connectivity index (χ1) is 13.7. The fourth-order valence-electron chi connectivity index (χ4n) is 3.93. The van der Waals surface area contributed by atoms with Gasteiger partial charge in [-0.15, -0.1) is 0 Å². The predicted molar refractivity (Wildman–Crippen MR) is 116 cm³/mol. The number of hydrogen-bond acceptors (Lipinski definition) is 3. The van der Waals surface area contributed by atoms with Crippen LogP contribution in [0.3, 0.4) is 0 Å². The molecule has 0 bridgehead atoms. The number of amides is 1. The SMILES string of the molecule is CCCCCCCCCCOC(=O)C1CCN(C(=O)CCCCCCC)CC1. The molecule has 1 rings (SSSR count). The summed E-state index contributed by atoms with van der Waals surface area (Å²) in [6.45, 7) is 6.43. The highest BCUT2D eigenvalue weighted by Crippen LogP contribution is 2.20. The van der Waals surface area contributed by atoms with Gasteiger partial charge in [-0.3, -0.25) is 9.59 Å². The topological polar surface area (TPSA) is 46.6 Å². The van der Waals surface area contributed by atoms with Crippen LogP contribution in [0.5, 0.6) is 0 Å². The Labute approximate surface area is 173 Å². The van der Waals surface area contributed by atoms with Crippen molar-refractivity contribution in [2.24, 2.45) is 5.92 Å². The minimum absolute atomic E-state index is 0.0114. The van der Waals surface area contributed by atoms with Crippen molar-refractivity contribution in [1.82, 2.24) is 4.90 Å². The Morgan fingerprint density at radius 1 is 0.750 bits per heavy atom. The van der Waals surface area contributed by atoms with Gasteiger partial charge in [-0.05, 0) is 25.7 Å².